The summed E-state index contributed by atoms with van der Waals surface area (Å²) in [6.07, 6.45) is -2.45. The minimum absolute atomic E-state index is 0.0841. The van der Waals surface area contributed by atoms with Crippen LogP contribution in [0.2, 0.25) is 10.0 Å². The van der Waals surface area contributed by atoms with Gasteiger partial charge in [0.25, 0.3) is 11.8 Å². The first-order valence-corrected chi connectivity index (χ1v) is 21.1. The van der Waals surface area contributed by atoms with Crippen molar-refractivity contribution in [2.45, 2.75) is 30.4 Å². The summed E-state index contributed by atoms with van der Waals surface area (Å²) in [5, 5.41) is 13.8. The molecule has 320 valence electrons. The van der Waals surface area contributed by atoms with Crippen molar-refractivity contribution < 1.29 is 42.3 Å². The van der Waals surface area contributed by atoms with Crippen LogP contribution in [0.1, 0.15) is 51.4 Å². The number of phenolic OH excluding ortho intramolecular Hbond substituents is 1. The molecule has 2 N–H and O–H groups in total. The Balaban J connectivity index is 1.12. The lowest BCUT2D eigenvalue weighted by Crippen LogP contribution is -2.53. The quantitative estimate of drug-likeness (QED) is 0.0919. The second-order valence-corrected chi connectivity index (χ2v) is 17.2. The van der Waals surface area contributed by atoms with E-state index in [0.29, 0.717) is 60.9 Å². The van der Waals surface area contributed by atoms with E-state index in [2.05, 4.69) is 10.4 Å². The summed E-state index contributed by atoms with van der Waals surface area (Å²) in [4.78, 5) is 78.3. The average molecular weight is 902 g/mol. The van der Waals surface area contributed by atoms with Crippen molar-refractivity contribution >= 4 is 74.9 Å². The number of allylic oxidation sites excluding steroid dienone is 2. The molecule has 1 aromatic heterocycles. The van der Waals surface area contributed by atoms with Crippen molar-refractivity contribution in [3.8, 4) is 5.75 Å². The van der Waals surface area contributed by atoms with Crippen molar-refractivity contribution in [3.63, 3.8) is 0 Å². The fraction of sp³-hybridized carbons (Fsp3) is 0.184. The molecule has 3 heterocycles. The van der Waals surface area contributed by atoms with Gasteiger partial charge in [-0.15, -0.1) is 0 Å². The third kappa shape index (κ3) is 6.23. The minimum atomic E-state index is -4.78. The predicted octanol–water partition coefficient (Wildman–Crippen LogP) is 9.69. The van der Waals surface area contributed by atoms with Crippen molar-refractivity contribution in [3.05, 3.63) is 177 Å². The largest absolute Gasteiger partial charge is 0.508 e. The van der Waals surface area contributed by atoms with E-state index in [1.807, 2.05) is 18.2 Å². The molecule has 4 amide bonds. The van der Waals surface area contributed by atoms with Gasteiger partial charge < -0.3 is 5.11 Å². The Labute approximate surface area is 372 Å². The summed E-state index contributed by atoms with van der Waals surface area (Å²) in [7, 11) is 0. The topological polar surface area (TPSA) is 137 Å². The highest BCUT2D eigenvalue weighted by atomic mass is 35.5. The van der Waals surface area contributed by atoms with Gasteiger partial charge in [0.2, 0.25) is 11.8 Å². The van der Waals surface area contributed by atoms with Crippen LogP contribution in [0.25, 0.3) is 10.8 Å². The van der Waals surface area contributed by atoms with Crippen LogP contribution in [-0.4, -0.2) is 44.5 Å². The molecule has 4 aliphatic rings. The minimum Gasteiger partial charge on any atom is -0.508 e. The number of anilines is 2. The number of rotatable bonds is 7. The van der Waals surface area contributed by atoms with Gasteiger partial charge in [0.05, 0.1) is 39.4 Å². The van der Waals surface area contributed by atoms with Crippen LogP contribution in [0, 0.1) is 23.7 Å². The molecule has 0 spiro atoms. The Bertz CT molecular complexity index is 3000. The lowest BCUT2D eigenvalue weighted by atomic mass is 9.48. The van der Waals surface area contributed by atoms with Gasteiger partial charge in [-0.05, 0) is 83.6 Å². The van der Waals surface area contributed by atoms with E-state index in [0.717, 1.165) is 4.90 Å². The molecule has 0 radical (unpaired) electrons. The number of aromatic nitrogens is 1. The van der Waals surface area contributed by atoms with Gasteiger partial charge in [0, 0.05) is 33.8 Å². The maximum atomic E-state index is 15.6. The number of alkyl halides is 3. The number of benzene rings is 5. The number of carbonyl (C=O) groups excluding carboxylic acids is 5. The third-order valence-corrected chi connectivity index (χ3v) is 13.8. The first kappa shape index (κ1) is 41.2. The molecule has 2 aliphatic carbocycles. The zero-order valence-corrected chi connectivity index (χ0v) is 34.7. The summed E-state index contributed by atoms with van der Waals surface area (Å²) in [6.45, 7) is 0. The number of ketones is 1. The van der Waals surface area contributed by atoms with E-state index in [1.54, 1.807) is 97.1 Å². The highest BCUT2D eigenvalue weighted by Crippen LogP contribution is 2.65. The molecule has 10 nitrogen and oxygen atoms in total. The summed E-state index contributed by atoms with van der Waals surface area (Å²) < 4.78 is 40.9. The molecule has 6 atom stereocenters. The summed E-state index contributed by atoms with van der Waals surface area (Å²) in [5.41, 5.74) is 1.90. The van der Waals surface area contributed by atoms with Crippen LogP contribution >= 0.6 is 23.2 Å². The second kappa shape index (κ2) is 15.2. The van der Waals surface area contributed by atoms with Crippen molar-refractivity contribution in [2.75, 3.05) is 10.3 Å². The normalized spacial score (nSPS) is 24.1. The number of nitrogens with zero attached hydrogens (tertiary/aromatic N) is 3. The van der Waals surface area contributed by atoms with E-state index >= 15 is 9.59 Å². The summed E-state index contributed by atoms with van der Waals surface area (Å²) >= 11 is 12.7. The monoisotopic (exact) mass is 900 g/mol. The molecule has 2 saturated heterocycles. The molecule has 0 unspecified atom stereocenters. The highest BCUT2D eigenvalue weighted by molar-refractivity contribution is 6.33. The van der Waals surface area contributed by atoms with Crippen LogP contribution in [0.15, 0.2) is 139 Å². The van der Waals surface area contributed by atoms with Crippen LogP contribution in [0.4, 0.5) is 24.7 Å². The fourth-order valence-electron chi connectivity index (χ4n) is 10.5. The number of hydrazine groups is 1. The molecule has 5 aromatic carbocycles. The maximum Gasteiger partial charge on any atom is 0.417 e. The lowest BCUT2D eigenvalue weighted by molar-refractivity contribution is -0.139. The zero-order chi connectivity index (χ0) is 44.8. The maximum absolute atomic E-state index is 15.6. The molecule has 3 fully saturated rings. The fourth-order valence-corrected chi connectivity index (χ4v) is 10.8. The molecule has 1 saturated carbocycles. The Hall–Kier alpha value is -6.83. The standard InChI is InChI=1S/C49H33Cl2F3N4O6/c50-30-15-13-28(14-16-30)48-36(45(62)58(47(48)64)56-43-37(51)22-29(24-55-43)49(52,53)54)23-35-33(41(48)40-32-9-5-4-6-25(32)12-21-38(40)59)19-20-34-39(35)46(63)57(44(34)61)31-17-10-27(11-18-31)42(60)26-7-2-1-3-8-26/h1-19,21-22,24,34-36,39,41,59H,20,23H2,(H,55,56)/t34-,35+,36-,39-,41+,48+/m0/s1. The number of fused-ring (bicyclic) bond motifs is 5. The summed E-state index contributed by atoms with van der Waals surface area (Å²) in [5.74, 6) is -8.55. The van der Waals surface area contributed by atoms with Gasteiger partial charge in [-0.25, -0.2) is 4.98 Å². The number of carbonyl (C=O) groups is 5. The number of imide groups is 2. The Morgan fingerprint density at radius 3 is 2.19 bits per heavy atom. The van der Waals surface area contributed by atoms with Crippen molar-refractivity contribution in [1.82, 2.24) is 9.99 Å². The van der Waals surface area contributed by atoms with Gasteiger partial charge >= 0.3 is 6.18 Å². The van der Waals surface area contributed by atoms with Gasteiger partial charge in [0.1, 0.15) is 5.75 Å². The van der Waals surface area contributed by atoms with Gasteiger partial charge in [-0.3, -0.25) is 34.3 Å². The van der Waals surface area contributed by atoms with E-state index < -0.39 is 81.2 Å². The van der Waals surface area contributed by atoms with Crippen molar-refractivity contribution in [2.24, 2.45) is 23.7 Å². The zero-order valence-electron chi connectivity index (χ0n) is 33.2. The highest BCUT2D eigenvalue weighted by Gasteiger charge is 2.71. The molecule has 6 aromatic rings. The predicted molar refractivity (Wildman–Crippen MR) is 231 cm³/mol. The van der Waals surface area contributed by atoms with Crippen LogP contribution in [0.3, 0.4) is 0 Å². The Morgan fingerprint density at radius 1 is 0.797 bits per heavy atom. The number of aromatic hydroxyl groups is 1. The second-order valence-electron chi connectivity index (χ2n) is 16.4. The van der Waals surface area contributed by atoms with Gasteiger partial charge in [0.15, 0.2) is 11.6 Å². The number of hydrogen-bond donors (Lipinski definition) is 2. The lowest BCUT2D eigenvalue weighted by Gasteiger charge is -2.51. The number of hydrogen-bond acceptors (Lipinski definition) is 8. The molecular weight excluding hydrogens is 868 g/mol. The average Bonchev–Trinajstić information content (AvgIpc) is 3.67. The molecule has 64 heavy (non-hydrogen) atoms. The molecule has 10 rings (SSSR count). The van der Waals surface area contributed by atoms with Crippen molar-refractivity contribution in [1.29, 1.82) is 0 Å². The van der Waals surface area contributed by atoms with Crippen LogP contribution < -0.4 is 10.3 Å². The Morgan fingerprint density at radius 2 is 1.48 bits per heavy atom. The summed E-state index contributed by atoms with van der Waals surface area (Å²) in [6, 6.07) is 32.3. The van der Waals surface area contributed by atoms with Gasteiger partial charge in [-0.2, -0.15) is 18.2 Å². The van der Waals surface area contributed by atoms with E-state index in [4.69, 9.17) is 23.2 Å². The van der Waals surface area contributed by atoms with E-state index in [-0.39, 0.29) is 30.1 Å². The smallest absolute Gasteiger partial charge is 0.417 e. The number of amides is 4. The molecular formula is C49H33Cl2F3N4O6. The third-order valence-electron chi connectivity index (χ3n) is 13.2. The number of nitrogens with one attached hydrogen (secondary N) is 1. The molecule has 15 heteroatoms. The van der Waals surface area contributed by atoms with E-state index in [1.165, 1.54) is 6.07 Å². The van der Waals surface area contributed by atoms with E-state index in [9.17, 15) is 32.7 Å². The number of halogens is 5. The number of pyridine rings is 1. The number of phenols is 1. The van der Waals surface area contributed by atoms with Gasteiger partial charge in [-0.1, -0.05) is 108 Å². The SMILES string of the molecule is O=C(c1ccccc1)c1ccc(N2C(=O)[C@H]3[C@H](CC=C4[C@H]3C[C@H]3C(=O)N(Nc5ncc(C(F)(F)F)cc5Cl)C(=O)[C@@]3(c3ccc(Cl)cc3)[C@H]4c3c(O)ccc4ccccc34)C2=O)cc1. The molecule has 0 bridgehead atoms. The first-order valence-electron chi connectivity index (χ1n) is 20.3. The first-order chi connectivity index (χ1) is 30.7. The Kier molecular flexibility index (Phi) is 9.76. The van der Waals surface area contributed by atoms with Crippen LogP contribution in [0.5, 0.6) is 5.75 Å². The van der Waals surface area contributed by atoms with Crippen LogP contribution in [-0.2, 0) is 30.8 Å². The molecule has 2 aliphatic heterocycles.